The van der Waals surface area contributed by atoms with Gasteiger partial charge in [-0.25, -0.2) is 0 Å². The largest absolute Gasteiger partial charge is 0.383 e. The Morgan fingerprint density at radius 1 is 1.26 bits per heavy atom. The van der Waals surface area contributed by atoms with Crippen molar-refractivity contribution in [3.8, 4) is 21.7 Å². The van der Waals surface area contributed by atoms with E-state index >= 15 is 0 Å². The van der Waals surface area contributed by atoms with Crippen molar-refractivity contribution in [2.24, 2.45) is 7.05 Å². The standard InChI is InChI=1S/C14H14N4S/c1-9-5-3-4-6-10(9)12-13(11-7-16-8-19-11)17-18(2)14(12)15/h3-8H,15H2,1-2H3. The summed E-state index contributed by atoms with van der Waals surface area (Å²) < 4.78 is 1.72. The average molecular weight is 270 g/mol. The Morgan fingerprint density at radius 3 is 2.74 bits per heavy atom. The summed E-state index contributed by atoms with van der Waals surface area (Å²) in [5.74, 6) is 0.678. The fourth-order valence-electron chi connectivity index (χ4n) is 2.16. The molecule has 2 aromatic heterocycles. The molecule has 2 heterocycles. The lowest BCUT2D eigenvalue weighted by atomic mass is 10.00. The number of anilines is 1. The van der Waals surface area contributed by atoms with Crippen LogP contribution in [0.5, 0.6) is 0 Å². The van der Waals surface area contributed by atoms with Crippen molar-refractivity contribution in [2.75, 3.05) is 5.73 Å². The molecule has 0 atom stereocenters. The van der Waals surface area contributed by atoms with E-state index in [2.05, 4.69) is 29.1 Å². The van der Waals surface area contributed by atoms with Crippen LogP contribution in [-0.2, 0) is 7.05 Å². The summed E-state index contributed by atoms with van der Waals surface area (Å²) in [4.78, 5) is 5.16. The monoisotopic (exact) mass is 270 g/mol. The van der Waals surface area contributed by atoms with E-state index in [-0.39, 0.29) is 0 Å². The number of hydrogen-bond donors (Lipinski definition) is 1. The number of rotatable bonds is 2. The van der Waals surface area contributed by atoms with Crippen LogP contribution in [0, 0.1) is 6.92 Å². The summed E-state index contributed by atoms with van der Waals surface area (Å²) in [7, 11) is 1.86. The molecule has 5 heteroatoms. The van der Waals surface area contributed by atoms with Crippen molar-refractivity contribution in [1.29, 1.82) is 0 Å². The van der Waals surface area contributed by atoms with Crippen LogP contribution in [0.1, 0.15) is 5.56 Å². The number of aromatic nitrogens is 3. The molecule has 0 amide bonds. The number of thiazole rings is 1. The van der Waals surface area contributed by atoms with E-state index in [0.29, 0.717) is 5.82 Å². The molecule has 19 heavy (non-hydrogen) atoms. The minimum atomic E-state index is 0.678. The van der Waals surface area contributed by atoms with Gasteiger partial charge in [-0.15, -0.1) is 11.3 Å². The number of nitrogens with zero attached hydrogens (tertiary/aromatic N) is 3. The molecule has 3 aromatic rings. The van der Waals surface area contributed by atoms with Gasteiger partial charge in [0.2, 0.25) is 0 Å². The summed E-state index contributed by atoms with van der Waals surface area (Å²) in [5.41, 5.74) is 12.2. The second kappa shape index (κ2) is 4.51. The first kappa shape index (κ1) is 11.9. The van der Waals surface area contributed by atoms with E-state index in [4.69, 9.17) is 5.73 Å². The summed E-state index contributed by atoms with van der Waals surface area (Å²) in [5, 5.41) is 4.53. The summed E-state index contributed by atoms with van der Waals surface area (Å²) >= 11 is 1.57. The molecular formula is C14H14N4S. The van der Waals surface area contributed by atoms with Gasteiger partial charge in [0.1, 0.15) is 11.5 Å². The van der Waals surface area contributed by atoms with Crippen LogP contribution in [0.15, 0.2) is 36.0 Å². The van der Waals surface area contributed by atoms with Crippen molar-refractivity contribution >= 4 is 17.2 Å². The number of aryl methyl sites for hydroxylation is 2. The highest BCUT2D eigenvalue weighted by molar-refractivity contribution is 7.13. The van der Waals surface area contributed by atoms with Gasteiger partial charge in [0.05, 0.1) is 16.0 Å². The Labute approximate surface area is 115 Å². The van der Waals surface area contributed by atoms with Crippen molar-refractivity contribution < 1.29 is 0 Å². The van der Waals surface area contributed by atoms with E-state index in [0.717, 1.165) is 21.7 Å². The zero-order chi connectivity index (χ0) is 13.4. The quantitative estimate of drug-likeness (QED) is 0.778. The maximum Gasteiger partial charge on any atom is 0.129 e. The molecule has 0 aliphatic heterocycles. The maximum absolute atomic E-state index is 6.20. The van der Waals surface area contributed by atoms with Gasteiger partial charge in [-0.3, -0.25) is 9.67 Å². The zero-order valence-electron chi connectivity index (χ0n) is 10.8. The topological polar surface area (TPSA) is 56.7 Å². The molecule has 0 radical (unpaired) electrons. The molecule has 4 nitrogen and oxygen atoms in total. The predicted molar refractivity (Wildman–Crippen MR) is 78.9 cm³/mol. The van der Waals surface area contributed by atoms with Crippen LogP contribution in [0.4, 0.5) is 5.82 Å². The van der Waals surface area contributed by atoms with Crippen LogP contribution in [0.2, 0.25) is 0 Å². The Hall–Kier alpha value is -2.14. The highest BCUT2D eigenvalue weighted by Gasteiger charge is 2.19. The average Bonchev–Trinajstić information content (AvgIpc) is 3.01. The summed E-state index contributed by atoms with van der Waals surface area (Å²) in [6.45, 7) is 2.08. The fourth-order valence-corrected chi connectivity index (χ4v) is 2.77. The van der Waals surface area contributed by atoms with Crippen molar-refractivity contribution in [1.82, 2.24) is 14.8 Å². The van der Waals surface area contributed by atoms with Gasteiger partial charge in [-0.05, 0) is 18.1 Å². The highest BCUT2D eigenvalue weighted by Crippen LogP contribution is 2.38. The van der Waals surface area contributed by atoms with E-state index < -0.39 is 0 Å². The number of benzene rings is 1. The lowest BCUT2D eigenvalue weighted by Gasteiger charge is -2.06. The molecule has 0 saturated carbocycles. The third-order valence-corrected chi connectivity index (χ3v) is 3.95. The van der Waals surface area contributed by atoms with Gasteiger partial charge < -0.3 is 5.73 Å². The van der Waals surface area contributed by atoms with Gasteiger partial charge in [0, 0.05) is 13.2 Å². The Kier molecular flexibility index (Phi) is 2.83. The molecule has 0 aliphatic carbocycles. The molecule has 3 rings (SSSR count). The van der Waals surface area contributed by atoms with Gasteiger partial charge >= 0.3 is 0 Å². The highest BCUT2D eigenvalue weighted by atomic mass is 32.1. The molecule has 0 unspecified atom stereocenters. The van der Waals surface area contributed by atoms with Crippen LogP contribution in [-0.4, -0.2) is 14.8 Å². The molecule has 0 fully saturated rings. The minimum Gasteiger partial charge on any atom is -0.383 e. The molecule has 0 aliphatic rings. The van der Waals surface area contributed by atoms with Crippen molar-refractivity contribution in [3.63, 3.8) is 0 Å². The maximum atomic E-state index is 6.20. The molecule has 0 bridgehead atoms. The van der Waals surface area contributed by atoms with E-state index in [1.165, 1.54) is 5.56 Å². The van der Waals surface area contributed by atoms with Crippen LogP contribution in [0.25, 0.3) is 21.7 Å². The van der Waals surface area contributed by atoms with Gasteiger partial charge in [-0.2, -0.15) is 5.10 Å². The van der Waals surface area contributed by atoms with Gasteiger partial charge in [-0.1, -0.05) is 24.3 Å². The third-order valence-electron chi connectivity index (χ3n) is 3.17. The number of nitrogen functional groups attached to an aromatic ring is 1. The normalized spacial score (nSPS) is 10.8. The smallest absolute Gasteiger partial charge is 0.129 e. The summed E-state index contributed by atoms with van der Waals surface area (Å²) in [6, 6.07) is 8.20. The molecule has 2 N–H and O–H groups in total. The molecule has 96 valence electrons. The van der Waals surface area contributed by atoms with Gasteiger partial charge in [0.25, 0.3) is 0 Å². The van der Waals surface area contributed by atoms with Crippen LogP contribution >= 0.6 is 11.3 Å². The Bertz CT molecular complexity index is 713. The van der Waals surface area contributed by atoms with E-state index in [1.54, 1.807) is 16.0 Å². The van der Waals surface area contributed by atoms with Crippen molar-refractivity contribution in [2.45, 2.75) is 6.92 Å². The SMILES string of the molecule is Cc1ccccc1-c1c(-c2cncs2)nn(C)c1N. The molecule has 0 spiro atoms. The number of hydrogen-bond acceptors (Lipinski definition) is 4. The third kappa shape index (κ3) is 1.92. The molecule has 1 aromatic carbocycles. The predicted octanol–water partition coefficient (Wildman–Crippen LogP) is 3.10. The second-order valence-electron chi connectivity index (χ2n) is 4.41. The van der Waals surface area contributed by atoms with Crippen molar-refractivity contribution in [3.05, 3.63) is 41.5 Å². The minimum absolute atomic E-state index is 0.678. The first-order chi connectivity index (χ1) is 9.18. The van der Waals surface area contributed by atoms with Gasteiger partial charge in [0.15, 0.2) is 0 Å². The number of nitrogens with two attached hydrogens (primary N) is 1. The Morgan fingerprint density at radius 2 is 2.05 bits per heavy atom. The molecular weight excluding hydrogens is 256 g/mol. The lowest BCUT2D eigenvalue weighted by molar-refractivity contribution is 0.783. The van der Waals surface area contributed by atoms with Crippen LogP contribution < -0.4 is 5.73 Å². The first-order valence-corrected chi connectivity index (χ1v) is 6.84. The second-order valence-corrected chi connectivity index (χ2v) is 5.30. The summed E-state index contributed by atoms with van der Waals surface area (Å²) in [6.07, 6.45) is 1.83. The van der Waals surface area contributed by atoms with Crippen LogP contribution in [0.3, 0.4) is 0 Å². The molecule has 0 saturated heterocycles. The fraction of sp³-hybridized carbons (Fsp3) is 0.143. The van der Waals surface area contributed by atoms with E-state index in [1.807, 2.05) is 30.9 Å². The lowest BCUT2D eigenvalue weighted by Crippen LogP contribution is -1.98. The zero-order valence-corrected chi connectivity index (χ0v) is 11.6. The first-order valence-electron chi connectivity index (χ1n) is 5.96. The Balaban J connectivity index is 2.29. The van der Waals surface area contributed by atoms with E-state index in [9.17, 15) is 0 Å².